The summed E-state index contributed by atoms with van der Waals surface area (Å²) >= 11 is 0. The minimum atomic E-state index is -2.95. The van der Waals surface area contributed by atoms with E-state index in [-0.39, 0.29) is 17.5 Å². The first-order valence-corrected chi connectivity index (χ1v) is 7.56. The summed E-state index contributed by atoms with van der Waals surface area (Å²) in [5.74, 6) is 0.335. The number of aryl methyl sites for hydroxylation is 2. The van der Waals surface area contributed by atoms with Crippen LogP contribution in [0.4, 0.5) is 5.69 Å². The van der Waals surface area contributed by atoms with E-state index in [2.05, 4.69) is 10.4 Å². The van der Waals surface area contributed by atoms with E-state index in [0.29, 0.717) is 0 Å². The van der Waals surface area contributed by atoms with Gasteiger partial charge in [0.1, 0.15) is 0 Å². The monoisotopic (exact) mass is 259 g/mol. The number of anilines is 1. The Balaban J connectivity index is 2.78. The number of rotatable bonds is 5. The summed E-state index contributed by atoms with van der Waals surface area (Å²) in [6, 6.07) is -0.110. The van der Waals surface area contributed by atoms with E-state index in [1.54, 1.807) is 11.6 Å². The van der Waals surface area contributed by atoms with Crippen molar-refractivity contribution in [3.05, 3.63) is 11.4 Å². The molecule has 98 valence electrons. The smallest absolute Gasteiger partial charge is 0.152 e. The maximum Gasteiger partial charge on any atom is 0.152 e. The van der Waals surface area contributed by atoms with Crippen LogP contribution in [0.2, 0.25) is 0 Å². The highest BCUT2D eigenvalue weighted by molar-refractivity contribution is 7.91. The highest BCUT2D eigenvalue weighted by atomic mass is 32.2. The maximum atomic E-state index is 11.5. The van der Waals surface area contributed by atoms with E-state index in [4.69, 9.17) is 0 Å². The van der Waals surface area contributed by atoms with E-state index in [0.717, 1.165) is 17.1 Å². The molecule has 0 fully saturated rings. The van der Waals surface area contributed by atoms with Gasteiger partial charge in [0, 0.05) is 18.8 Å². The molecule has 0 aliphatic heterocycles. The molecule has 0 amide bonds. The molecule has 0 radical (unpaired) electrons. The Morgan fingerprint density at radius 3 is 2.41 bits per heavy atom. The zero-order valence-electron chi connectivity index (χ0n) is 11.1. The fraction of sp³-hybridized carbons (Fsp3) is 0.727. The summed E-state index contributed by atoms with van der Waals surface area (Å²) < 4.78 is 24.8. The summed E-state index contributed by atoms with van der Waals surface area (Å²) in [7, 11) is -1.07. The van der Waals surface area contributed by atoms with E-state index >= 15 is 0 Å². The topological polar surface area (TPSA) is 64.0 Å². The van der Waals surface area contributed by atoms with Crippen LogP contribution < -0.4 is 5.32 Å². The molecule has 5 nitrogen and oxygen atoms in total. The lowest BCUT2D eigenvalue weighted by Gasteiger charge is -2.15. The van der Waals surface area contributed by atoms with Crippen molar-refractivity contribution in [1.82, 2.24) is 9.78 Å². The Kier molecular flexibility index (Phi) is 4.19. The molecule has 1 heterocycles. The molecule has 17 heavy (non-hydrogen) atoms. The quantitative estimate of drug-likeness (QED) is 0.865. The lowest BCUT2D eigenvalue weighted by Crippen LogP contribution is -2.27. The van der Waals surface area contributed by atoms with Gasteiger partial charge in [0.05, 0.1) is 22.8 Å². The second-order valence-corrected chi connectivity index (χ2v) is 6.81. The number of hydrogen-bond acceptors (Lipinski definition) is 4. The van der Waals surface area contributed by atoms with Crippen molar-refractivity contribution in [2.24, 2.45) is 7.05 Å². The van der Waals surface area contributed by atoms with Gasteiger partial charge in [-0.15, -0.1) is 0 Å². The van der Waals surface area contributed by atoms with E-state index in [1.165, 1.54) is 0 Å². The summed E-state index contributed by atoms with van der Waals surface area (Å²) in [4.78, 5) is 0. The number of sulfone groups is 1. The normalized spacial score (nSPS) is 13.7. The van der Waals surface area contributed by atoms with Crippen LogP contribution in [0.15, 0.2) is 0 Å². The third kappa shape index (κ3) is 3.46. The molecule has 6 heteroatoms. The zero-order valence-corrected chi connectivity index (χ0v) is 11.9. The van der Waals surface area contributed by atoms with Crippen LogP contribution in [0, 0.1) is 13.8 Å². The molecule has 1 aromatic rings. The van der Waals surface area contributed by atoms with Crippen molar-refractivity contribution >= 4 is 15.5 Å². The van der Waals surface area contributed by atoms with Gasteiger partial charge in [-0.05, 0) is 20.8 Å². The lowest BCUT2D eigenvalue weighted by molar-refractivity contribution is 0.593. The highest BCUT2D eigenvalue weighted by Crippen LogP contribution is 2.19. The highest BCUT2D eigenvalue weighted by Gasteiger charge is 2.16. The minimum Gasteiger partial charge on any atom is -0.379 e. The van der Waals surface area contributed by atoms with E-state index < -0.39 is 9.84 Å². The second kappa shape index (κ2) is 5.08. The molecule has 0 saturated heterocycles. The summed E-state index contributed by atoms with van der Waals surface area (Å²) in [5, 5.41) is 7.51. The number of hydrogen-bond donors (Lipinski definition) is 1. The molecule has 1 aromatic heterocycles. The second-order valence-electron chi connectivity index (χ2n) is 4.41. The number of nitrogens with one attached hydrogen (secondary N) is 1. The first kappa shape index (κ1) is 14.0. The summed E-state index contributed by atoms with van der Waals surface area (Å²) in [6.45, 7) is 7.42. The van der Waals surface area contributed by atoms with Crippen molar-refractivity contribution < 1.29 is 8.42 Å². The van der Waals surface area contributed by atoms with Crippen molar-refractivity contribution in [3.8, 4) is 0 Å². The molecule has 0 aromatic carbocycles. The van der Waals surface area contributed by atoms with Gasteiger partial charge in [-0.25, -0.2) is 8.42 Å². The molecular formula is C11H21N3O2S. The van der Waals surface area contributed by atoms with Gasteiger partial charge in [-0.3, -0.25) is 4.68 Å². The van der Waals surface area contributed by atoms with Gasteiger partial charge in [0.2, 0.25) is 0 Å². The summed E-state index contributed by atoms with van der Waals surface area (Å²) in [5.41, 5.74) is 2.85. The minimum absolute atomic E-state index is 0.110. The molecule has 0 saturated carbocycles. The SMILES string of the molecule is CCS(=O)(=O)CC(C)Nc1c(C)nn(C)c1C. The standard InChI is InChI=1S/C11H21N3O2S/c1-6-17(15,16)7-8(2)12-11-9(3)13-14(5)10(11)4/h8,12H,6-7H2,1-5H3. The Hall–Kier alpha value is -1.04. The van der Waals surface area contributed by atoms with Crippen molar-refractivity contribution in [2.75, 3.05) is 16.8 Å². The van der Waals surface area contributed by atoms with Crippen LogP contribution in [0.3, 0.4) is 0 Å². The Morgan fingerprint density at radius 1 is 1.41 bits per heavy atom. The van der Waals surface area contributed by atoms with Gasteiger partial charge in [-0.1, -0.05) is 6.92 Å². The van der Waals surface area contributed by atoms with E-state index in [9.17, 15) is 8.42 Å². The molecule has 1 atom stereocenters. The number of nitrogens with zero attached hydrogens (tertiary/aromatic N) is 2. The van der Waals surface area contributed by atoms with Gasteiger partial charge in [-0.2, -0.15) is 5.10 Å². The van der Waals surface area contributed by atoms with Crippen LogP contribution >= 0.6 is 0 Å². The van der Waals surface area contributed by atoms with Gasteiger partial charge in [0.25, 0.3) is 0 Å². The van der Waals surface area contributed by atoms with Crippen LogP contribution in [0.25, 0.3) is 0 Å². The average molecular weight is 259 g/mol. The first-order chi connectivity index (χ1) is 7.76. The van der Waals surface area contributed by atoms with Crippen molar-refractivity contribution in [3.63, 3.8) is 0 Å². The zero-order chi connectivity index (χ0) is 13.2. The van der Waals surface area contributed by atoms with Crippen LogP contribution in [0.1, 0.15) is 25.2 Å². The van der Waals surface area contributed by atoms with Crippen LogP contribution in [0.5, 0.6) is 0 Å². The molecule has 0 aliphatic carbocycles. The molecular weight excluding hydrogens is 238 g/mol. The number of aromatic nitrogens is 2. The largest absolute Gasteiger partial charge is 0.379 e. The average Bonchev–Trinajstić information content (AvgIpc) is 2.44. The summed E-state index contributed by atoms with van der Waals surface area (Å²) in [6.07, 6.45) is 0. The fourth-order valence-corrected chi connectivity index (χ4v) is 2.85. The molecule has 0 aliphatic rings. The third-order valence-electron chi connectivity index (χ3n) is 2.84. The van der Waals surface area contributed by atoms with Gasteiger partial charge >= 0.3 is 0 Å². The van der Waals surface area contributed by atoms with Crippen molar-refractivity contribution in [1.29, 1.82) is 0 Å². The van der Waals surface area contributed by atoms with Crippen LogP contribution in [-0.2, 0) is 16.9 Å². The van der Waals surface area contributed by atoms with Gasteiger partial charge < -0.3 is 5.32 Å². The molecule has 0 bridgehead atoms. The predicted molar refractivity (Wildman–Crippen MR) is 70.1 cm³/mol. The third-order valence-corrected chi connectivity index (χ3v) is 4.73. The Morgan fingerprint density at radius 2 is 2.00 bits per heavy atom. The van der Waals surface area contributed by atoms with Crippen LogP contribution in [-0.4, -0.2) is 35.7 Å². The Labute approximate surface area is 103 Å². The van der Waals surface area contributed by atoms with Gasteiger partial charge in [0.15, 0.2) is 9.84 Å². The predicted octanol–water partition coefficient (Wildman–Crippen LogP) is 1.27. The Bertz CT molecular complexity index is 491. The molecule has 1 rings (SSSR count). The lowest BCUT2D eigenvalue weighted by atomic mass is 10.3. The molecule has 1 N–H and O–H groups in total. The molecule has 0 spiro atoms. The van der Waals surface area contributed by atoms with E-state index in [1.807, 2.05) is 27.8 Å². The fourth-order valence-electron chi connectivity index (χ4n) is 1.77. The maximum absolute atomic E-state index is 11.5. The molecule has 1 unspecified atom stereocenters. The van der Waals surface area contributed by atoms with Crippen molar-refractivity contribution in [2.45, 2.75) is 33.7 Å². The first-order valence-electron chi connectivity index (χ1n) is 5.74.